The van der Waals surface area contributed by atoms with Gasteiger partial charge in [-0.2, -0.15) is 0 Å². The largest absolute Gasteiger partial charge is 0.445 e. The number of hydrogen-bond donors (Lipinski definition) is 3. The van der Waals surface area contributed by atoms with Gasteiger partial charge in [0.15, 0.2) is 0 Å². The molecule has 0 unspecified atom stereocenters. The molecule has 0 heterocycles. The van der Waals surface area contributed by atoms with E-state index in [0.29, 0.717) is 6.54 Å². The van der Waals surface area contributed by atoms with Gasteiger partial charge in [0.25, 0.3) is 0 Å². The van der Waals surface area contributed by atoms with Gasteiger partial charge in [-0.05, 0) is 18.4 Å². The lowest BCUT2D eigenvalue weighted by Gasteiger charge is -2.36. The van der Waals surface area contributed by atoms with Crippen molar-refractivity contribution in [3.05, 3.63) is 35.9 Å². The number of nitrogens with one attached hydrogen (secondary N) is 2. The fourth-order valence-electron chi connectivity index (χ4n) is 2.24. The van der Waals surface area contributed by atoms with Gasteiger partial charge in [-0.15, -0.1) is 0 Å². The Morgan fingerprint density at radius 1 is 1.23 bits per heavy atom. The Balaban J connectivity index is 1.56. The predicted molar refractivity (Wildman–Crippen MR) is 82.5 cm³/mol. The summed E-state index contributed by atoms with van der Waals surface area (Å²) in [6, 6.07) is 9.74. The molecule has 1 aliphatic carbocycles. The third-order valence-electron chi connectivity index (χ3n) is 3.49. The summed E-state index contributed by atoms with van der Waals surface area (Å²) >= 11 is 0. The van der Waals surface area contributed by atoms with E-state index in [1.165, 1.54) is 0 Å². The number of primary sulfonamides is 1. The summed E-state index contributed by atoms with van der Waals surface area (Å²) in [5.74, 6) is -0.0826. The minimum Gasteiger partial charge on any atom is -0.445 e. The Kier molecular flexibility index (Phi) is 5.76. The van der Waals surface area contributed by atoms with Crippen molar-refractivity contribution in [3.63, 3.8) is 0 Å². The van der Waals surface area contributed by atoms with E-state index >= 15 is 0 Å². The summed E-state index contributed by atoms with van der Waals surface area (Å²) in [6.45, 7) is 0.574. The van der Waals surface area contributed by atoms with Crippen LogP contribution < -0.4 is 15.8 Å². The molecule has 1 aromatic carbocycles. The van der Waals surface area contributed by atoms with E-state index in [4.69, 9.17) is 9.88 Å². The summed E-state index contributed by atoms with van der Waals surface area (Å²) in [5, 5.41) is 10.8. The number of benzene rings is 1. The van der Waals surface area contributed by atoms with Crippen LogP contribution in [0, 0.1) is 0 Å². The van der Waals surface area contributed by atoms with Crippen LogP contribution in [0.5, 0.6) is 0 Å². The first kappa shape index (κ1) is 16.7. The average Bonchev–Trinajstić information content (AvgIpc) is 2.42. The van der Waals surface area contributed by atoms with Crippen LogP contribution in [-0.4, -0.2) is 38.9 Å². The highest BCUT2D eigenvalue weighted by Crippen LogP contribution is 2.19. The number of alkyl carbamates (subject to hydrolysis) is 1. The van der Waals surface area contributed by atoms with E-state index in [2.05, 4.69) is 10.6 Å². The molecular formula is C14H21N3O4S. The SMILES string of the molecule is NS(=O)(=O)CCNC1CC(NC(=O)OCc2ccccc2)C1. The fraction of sp³-hybridized carbons (Fsp3) is 0.500. The molecule has 0 saturated heterocycles. The standard InChI is InChI=1S/C14H21N3O4S/c15-22(19,20)7-6-16-12-8-13(9-12)17-14(18)21-10-11-4-2-1-3-5-11/h1-5,12-13,16H,6-10H2,(H,17,18)(H2,15,19,20). The van der Waals surface area contributed by atoms with Crippen molar-refractivity contribution in [2.24, 2.45) is 5.14 Å². The molecule has 1 saturated carbocycles. The number of carbonyl (C=O) groups is 1. The normalized spacial score (nSPS) is 21.0. The second kappa shape index (κ2) is 7.57. The van der Waals surface area contributed by atoms with Gasteiger partial charge < -0.3 is 15.4 Å². The highest BCUT2D eigenvalue weighted by Gasteiger charge is 2.30. The quantitative estimate of drug-likeness (QED) is 0.668. The molecule has 0 radical (unpaired) electrons. The molecule has 4 N–H and O–H groups in total. The zero-order valence-corrected chi connectivity index (χ0v) is 13.0. The number of hydrogen-bond acceptors (Lipinski definition) is 5. The number of amides is 1. The molecule has 1 fully saturated rings. The molecule has 22 heavy (non-hydrogen) atoms. The van der Waals surface area contributed by atoms with Crippen LogP contribution in [0.25, 0.3) is 0 Å². The molecule has 0 atom stereocenters. The molecule has 0 bridgehead atoms. The van der Waals surface area contributed by atoms with Crippen molar-refractivity contribution in [1.82, 2.24) is 10.6 Å². The first-order valence-electron chi connectivity index (χ1n) is 7.13. The molecule has 0 spiro atoms. The Morgan fingerprint density at radius 3 is 2.55 bits per heavy atom. The lowest BCUT2D eigenvalue weighted by Crippen LogP contribution is -2.53. The van der Waals surface area contributed by atoms with Crippen LogP contribution in [0.3, 0.4) is 0 Å². The maximum absolute atomic E-state index is 11.6. The summed E-state index contributed by atoms with van der Waals surface area (Å²) < 4.78 is 26.7. The number of carbonyl (C=O) groups excluding carboxylic acids is 1. The molecule has 7 nitrogen and oxygen atoms in total. The minimum atomic E-state index is -3.42. The monoisotopic (exact) mass is 327 g/mol. The zero-order valence-electron chi connectivity index (χ0n) is 12.2. The van der Waals surface area contributed by atoms with Crippen LogP contribution >= 0.6 is 0 Å². The van der Waals surface area contributed by atoms with E-state index in [-0.39, 0.29) is 24.4 Å². The first-order valence-corrected chi connectivity index (χ1v) is 8.85. The lowest BCUT2D eigenvalue weighted by atomic mass is 9.87. The zero-order chi connectivity index (χ0) is 16.0. The minimum absolute atomic E-state index is 0.0651. The van der Waals surface area contributed by atoms with Gasteiger partial charge >= 0.3 is 6.09 Å². The average molecular weight is 327 g/mol. The van der Waals surface area contributed by atoms with Gasteiger partial charge in [-0.25, -0.2) is 18.4 Å². The van der Waals surface area contributed by atoms with E-state index in [1.54, 1.807) is 0 Å². The first-order chi connectivity index (χ1) is 10.4. The third kappa shape index (κ3) is 6.00. The Bertz CT molecular complexity index is 585. The van der Waals surface area contributed by atoms with Crippen molar-refractivity contribution in [3.8, 4) is 0 Å². The fourth-order valence-corrected chi connectivity index (χ4v) is 2.64. The molecule has 0 aliphatic heterocycles. The topological polar surface area (TPSA) is 111 Å². The van der Waals surface area contributed by atoms with E-state index in [0.717, 1.165) is 18.4 Å². The summed E-state index contributed by atoms with van der Waals surface area (Å²) in [4.78, 5) is 11.6. The van der Waals surface area contributed by atoms with Crippen molar-refractivity contribution >= 4 is 16.1 Å². The highest BCUT2D eigenvalue weighted by molar-refractivity contribution is 7.89. The van der Waals surface area contributed by atoms with Crippen LogP contribution in [-0.2, 0) is 21.4 Å². The molecule has 0 aromatic heterocycles. The van der Waals surface area contributed by atoms with Crippen molar-refractivity contribution in [2.75, 3.05) is 12.3 Å². The molecule has 1 amide bonds. The van der Waals surface area contributed by atoms with E-state index in [1.807, 2.05) is 30.3 Å². The van der Waals surface area contributed by atoms with Gasteiger partial charge in [0.1, 0.15) is 6.61 Å². The maximum Gasteiger partial charge on any atom is 0.407 e. The Labute approximate surface area is 130 Å². The predicted octanol–water partition coefficient (Wildman–Crippen LogP) is 0.322. The van der Waals surface area contributed by atoms with Crippen LogP contribution in [0.4, 0.5) is 4.79 Å². The number of rotatable bonds is 7. The van der Waals surface area contributed by atoms with Crippen molar-refractivity contribution in [1.29, 1.82) is 0 Å². The third-order valence-corrected chi connectivity index (χ3v) is 4.27. The number of ether oxygens (including phenoxy) is 1. The van der Waals surface area contributed by atoms with Crippen LogP contribution in [0.1, 0.15) is 18.4 Å². The molecular weight excluding hydrogens is 306 g/mol. The second-order valence-electron chi connectivity index (χ2n) is 5.39. The van der Waals surface area contributed by atoms with Gasteiger partial charge in [0.2, 0.25) is 10.0 Å². The molecule has 1 aliphatic rings. The van der Waals surface area contributed by atoms with E-state index < -0.39 is 16.1 Å². The number of sulfonamides is 1. The lowest BCUT2D eigenvalue weighted by molar-refractivity contribution is 0.126. The summed E-state index contributed by atoms with van der Waals surface area (Å²) in [5.41, 5.74) is 0.939. The van der Waals surface area contributed by atoms with Crippen molar-refractivity contribution < 1.29 is 17.9 Å². The van der Waals surface area contributed by atoms with Crippen LogP contribution in [0.2, 0.25) is 0 Å². The van der Waals surface area contributed by atoms with Gasteiger partial charge in [0, 0.05) is 18.6 Å². The smallest absolute Gasteiger partial charge is 0.407 e. The van der Waals surface area contributed by atoms with Crippen LogP contribution in [0.15, 0.2) is 30.3 Å². The van der Waals surface area contributed by atoms with Gasteiger partial charge in [0.05, 0.1) is 5.75 Å². The number of nitrogens with two attached hydrogens (primary N) is 1. The van der Waals surface area contributed by atoms with Gasteiger partial charge in [-0.1, -0.05) is 30.3 Å². The van der Waals surface area contributed by atoms with Gasteiger partial charge in [-0.3, -0.25) is 0 Å². The molecule has 1 aromatic rings. The molecule has 8 heteroatoms. The summed E-state index contributed by atoms with van der Waals surface area (Å²) in [6.07, 6.45) is 1.08. The molecule has 2 rings (SSSR count). The Morgan fingerprint density at radius 2 is 1.91 bits per heavy atom. The molecule has 122 valence electrons. The van der Waals surface area contributed by atoms with E-state index in [9.17, 15) is 13.2 Å². The van der Waals surface area contributed by atoms with Crippen molar-refractivity contribution in [2.45, 2.75) is 31.5 Å². The second-order valence-corrected chi connectivity index (χ2v) is 7.13. The Hall–Kier alpha value is -1.64. The maximum atomic E-state index is 11.6. The summed E-state index contributed by atoms with van der Waals surface area (Å²) in [7, 11) is -3.42. The highest BCUT2D eigenvalue weighted by atomic mass is 32.2.